The van der Waals surface area contributed by atoms with E-state index in [0.29, 0.717) is 15.6 Å². The molecule has 1 aromatic rings. The molecule has 1 unspecified atom stereocenters. The second-order valence-electron chi connectivity index (χ2n) is 5.47. The summed E-state index contributed by atoms with van der Waals surface area (Å²) in [5.41, 5.74) is 1.67. The van der Waals surface area contributed by atoms with Crippen LogP contribution in [-0.4, -0.2) is 49.9 Å². The molecule has 27 heavy (non-hydrogen) atoms. The van der Waals surface area contributed by atoms with Gasteiger partial charge in [0.25, 0.3) is 0 Å². The zero-order chi connectivity index (χ0) is 20.0. The van der Waals surface area contributed by atoms with Crippen LogP contribution in [0.4, 0.5) is 13.2 Å². The molecule has 0 aromatic heterocycles. The minimum absolute atomic E-state index is 0.0323. The van der Waals surface area contributed by atoms with Crippen molar-refractivity contribution in [3.05, 3.63) is 33.3 Å². The number of fused-ring (bicyclic) bond motifs is 1. The second kappa shape index (κ2) is 9.51. The molecule has 1 atom stereocenters. The van der Waals surface area contributed by atoms with Gasteiger partial charge in [-0.1, -0.05) is 21.6 Å². The van der Waals surface area contributed by atoms with Gasteiger partial charge >= 0.3 is 12.1 Å². The number of carbonyl (C=O) groups is 1. The zero-order valence-electron chi connectivity index (χ0n) is 14.1. The smallest absolute Gasteiger partial charge is 0.430 e. The van der Waals surface area contributed by atoms with E-state index in [2.05, 4.69) is 20.8 Å². The maximum absolute atomic E-state index is 13.4. The van der Waals surface area contributed by atoms with Crippen molar-refractivity contribution in [2.75, 3.05) is 26.4 Å². The number of esters is 1. The number of halogens is 4. The molecule has 2 N–H and O–H groups in total. The van der Waals surface area contributed by atoms with E-state index in [1.54, 1.807) is 19.1 Å². The molecule has 0 radical (unpaired) electrons. The van der Waals surface area contributed by atoms with E-state index in [0.717, 1.165) is 6.08 Å². The second-order valence-corrected chi connectivity index (χ2v) is 6.38. The minimum atomic E-state index is -4.78. The molecular formula is C16H17BrF3NO6. The number of hydrogen-bond donors (Lipinski definition) is 2. The third kappa shape index (κ3) is 5.91. The Bertz CT molecular complexity index is 710. The quantitative estimate of drug-likeness (QED) is 0.354. The number of aryl methyl sites for hydroxylation is 1. The van der Waals surface area contributed by atoms with E-state index >= 15 is 0 Å². The highest BCUT2D eigenvalue weighted by Gasteiger charge is 2.49. The Morgan fingerprint density at radius 2 is 2.00 bits per heavy atom. The number of benzene rings is 1. The Morgan fingerprint density at radius 1 is 1.30 bits per heavy atom. The van der Waals surface area contributed by atoms with E-state index in [9.17, 15) is 18.0 Å². The highest BCUT2D eigenvalue weighted by molar-refractivity contribution is 9.10. The largest absolute Gasteiger partial charge is 0.475 e. The maximum Gasteiger partial charge on any atom is 0.430 e. The normalized spacial score (nSPS) is 16.4. The van der Waals surface area contributed by atoms with Gasteiger partial charge in [-0.2, -0.15) is 13.2 Å². The monoisotopic (exact) mass is 455 g/mol. The van der Waals surface area contributed by atoms with Crippen LogP contribution in [0.3, 0.4) is 0 Å². The van der Waals surface area contributed by atoms with E-state index < -0.39 is 23.8 Å². The summed E-state index contributed by atoms with van der Waals surface area (Å²) in [6.45, 7) is 1.43. The Hall–Kier alpha value is -1.66. The molecule has 0 spiro atoms. The minimum Gasteiger partial charge on any atom is -0.475 e. The summed E-state index contributed by atoms with van der Waals surface area (Å²) < 4.78 is 55.7. The summed E-state index contributed by atoms with van der Waals surface area (Å²) in [4.78, 5) is 16.5. The van der Waals surface area contributed by atoms with E-state index in [4.69, 9.17) is 19.4 Å². The van der Waals surface area contributed by atoms with Crippen LogP contribution >= 0.6 is 15.9 Å². The summed E-state index contributed by atoms with van der Waals surface area (Å²) in [5, 5.41) is 8.17. The Morgan fingerprint density at radius 3 is 2.67 bits per heavy atom. The first-order valence-corrected chi connectivity index (χ1v) is 8.54. The van der Waals surface area contributed by atoms with Gasteiger partial charge in [-0.15, -0.1) is 0 Å². The molecule has 0 fully saturated rings. The lowest BCUT2D eigenvalue weighted by Crippen LogP contribution is -2.41. The first kappa shape index (κ1) is 21.6. The topological polar surface area (TPSA) is 86.3 Å². The van der Waals surface area contributed by atoms with Gasteiger partial charge in [0.05, 0.1) is 25.4 Å². The number of carbonyl (C=O) groups excluding carboxylic acids is 1. The van der Waals surface area contributed by atoms with Crippen LogP contribution in [-0.2, 0) is 19.1 Å². The zero-order valence-corrected chi connectivity index (χ0v) is 15.7. The number of rotatable bonds is 8. The van der Waals surface area contributed by atoms with Gasteiger partial charge in [-0.3, -0.25) is 10.0 Å². The van der Waals surface area contributed by atoms with Crippen molar-refractivity contribution >= 4 is 28.0 Å². The van der Waals surface area contributed by atoms with Crippen LogP contribution < -0.4 is 10.4 Å². The van der Waals surface area contributed by atoms with Crippen molar-refractivity contribution in [3.8, 4) is 5.75 Å². The molecule has 1 aliphatic rings. The fourth-order valence-electron chi connectivity index (χ4n) is 2.38. The fourth-order valence-corrected chi connectivity index (χ4v) is 2.97. The SMILES string of the molecule is Cc1cc(Br)cc2c1OC(C(F)(F)F)C(C(=O)OCCOCCONO)=C2. The first-order valence-electron chi connectivity index (χ1n) is 7.75. The van der Waals surface area contributed by atoms with Crippen LogP contribution in [0.15, 0.2) is 22.2 Å². The third-order valence-corrected chi connectivity index (χ3v) is 3.94. The number of nitrogens with one attached hydrogen (secondary N) is 1. The summed E-state index contributed by atoms with van der Waals surface area (Å²) in [6.07, 6.45) is -6.08. The van der Waals surface area contributed by atoms with E-state index in [-0.39, 0.29) is 32.2 Å². The average molecular weight is 456 g/mol. The molecule has 11 heteroatoms. The van der Waals surface area contributed by atoms with Gasteiger partial charge in [0.2, 0.25) is 6.10 Å². The lowest BCUT2D eigenvalue weighted by Gasteiger charge is -2.29. The van der Waals surface area contributed by atoms with Crippen LogP contribution in [0.2, 0.25) is 0 Å². The molecule has 0 saturated carbocycles. The van der Waals surface area contributed by atoms with Crippen molar-refractivity contribution in [2.45, 2.75) is 19.2 Å². The average Bonchev–Trinajstić information content (AvgIpc) is 2.58. The van der Waals surface area contributed by atoms with Crippen molar-refractivity contribution in [3.63, 3.8) is 0 Å². The van der Waals surface area contributed by atoms with E-state index in [1.165, 1.54) is 5.64 Å². The molecule has 150 valence electrons. The molecule has 0 amide bonds. The van der Waals surface area contributed by atoms with Crippen LogP contribution in [0.5, 0.6) is 5.75 Å². The molecule has 0 bridgehead atoms. The van der Waals surface area contributed by atoms with E-state index in [1.807, 2.05) is 0 Å². The predicted molar refractivity (Wildman–Crippen MR) is 90.0 cm³/mol. The van der Waals surface area contributed by atoms with Gasteiger partial charge < -0.3 is 14.2 Å². The molecule has 1 aromatic carbocycles. The Kier molecular flexibility index (Phi) is 7.62. The van der Waals surface area contributed by atoms with Crippen LogP contribution in [0, 0.1) is 6.92 Å². The molecule has 1 heterocycles. The summed E-state index contributed by atoms with van der Waals surface area (Å²) in [6, 6.07) is 3.18. The summed E-state index contributed by atoms with van der Waals surface area (Å²) in [7, 11) is 0. The summed E-state index contributed by atoms with van der Waals surface area (Å²) >= 11 is 3.26. The van der Waals surface area contributed by atoms with Crippen LogP contribution in [0.1, 0.15) is 11.1 Å². The van der Waals surface area contributed by atoms with Crippen molar-refractivity contribution in [1.29, 1.82) is 0 Å². The first-order chi connectivity index (χ1) is 12.7. The lowest BCUT2D eigenvalue weighted by molar-refractivity contribution is -0.188. The van der Waals surface area contributed by atoms with Crippen molar-refractivity contribution in [1.82, 2.24) is 5.64 Å². The molecule has 7 nitrogen and oxygen atoms in total. The predicted octanol–water partition coefficient (Wildman–Crippen LogP) is 2.93. The van der Waals surface area contributed by atoms with Gasteiger partial charge in [0.15, 0.2) is 0 Å². The van der Waals surface area contributed by atoms with Gasteiger partial charge in [-0.05, 0) is 30.7 Å². The maximum atomic E-state index is 13.4. The third-order valence-electron chi connectivity index (χ3n) is 3.49. The highest BCUT2D eigenvalue weighted by atomic mass is 79.9. The molecular weight excluding hydrogens is 439 g/mol. The number of hydrogen-bond acceptors (Lipinski definition) is 7. The summed E-state index contributed by atoms with van der Waals surface area (Å²) in [5.74, 6) is -1.07. The standard InChI is InChI=1S/C16H17BrF3NO6/c1-9-6-11(17)7-10-8-12(14(16(18,19)20)27-13(9)10)15(22)25-4-2-24-3-5-26-21-23/h6-8,14,21,23H,2-5H2,1H3. The Balaban J connectivity index is 2.08. The van der Waals surface area contributed by atoms with Gasteiger partial charge in [-0.25, -0.2) is 4.79 Å². The van der Waals surface area contributed by atoms with Gasteiger partial charge in [0.1, 0.15) is 12.4 Å². The van der Waals surface area contributed by atoms with Gasteiger partial charge in [0, 0.05) is 10.0 Å². The van der Waals surface area contributed by atoms with Crippen LogP contribution in [0.25, 0.3) is 6.08 Å². The fraction of sp³-hybridized carbons (Fsp3) is 0.438. The lowest BCUT2D eigenvalue weighted by atomic mass is 9.99. The Labute approximate surface area is 161 Å². The molecule has 0 aliphatic carbocycles. The molecule has 0 saturated heterocycles. The number of ether oxygens (including phenoxy) is 3. The van der Waals surface area contributed by atoms with Crippen molar-refractivity contribution < 1.29 is 42.2 Å². The van der Waals surface area contributed by atoms with Crippen molar-refractivity contribution in [2.24, 2.45) is 0 Å². The molecule has 2 rings (SSSR count). The molecule has 1 aliphatic heterocycles. The highest BCUT2D eigenvalue weighted by Crippen LogP contribution is 2.40. The number of alkyl halides is 3.